The maximum atomic E-state index is 12.6. The van der Waals surface area contributed by atoms with E-state index < -0.39 is 32.9 Å². The van der Waals surface area contributed by atoms with Crippen molar-refractivity contribution in [2.45, 2.75) is 45.6 Å². The summed E-state index contributed by atoms with van der Waals surface area (Å²) >= 11 is 0. The van der Waals surface area contributed by atoms with Crippen LogP contribution in [0.3, 0.4) is 0 Å². The van der Waals surface area contributed by atoms with Gasteiger partial charge in [-0.1, -0.05) is 13.8 Å². The molecule has 0 aliphatic rings. The predicted octanol–water partition coefficient (Wildman–Crippen LogP) is 2.62. The first-order valence-corrected chi connectivity index (χ1v) is 10.3. The second-order valence-electron chi connectivity index (χ2n) is 6.00. The first kappa shape index (κ1) is 22.8. The van der Waals surface area contributed by atoms with Gasteiger partial charge in [-0.25, -0.2) is 8.42 Å². The normalized spacial score (nSPS) is 13.9. The number of carbonyl (C=O) groups excluding carboxylic acids is 1. The van der Waals surface area contributed by atoms with Crippen LogP contribution in [-0.4, -0.2) is 49.4 Å². The molecule has 1 aromatic carbocycles. The number of nitro groups is 1. The Morgan fingerprint density at radius 1 is 1.26 bits per heavy atom. The van der Waals surface area contributed by atoms with Crippen LogP contribution in [-0.2, 0) is 19.6 Å². The maximum absolute atomic E-state index is 12.6. The van der Waals surface area contributed by atoms with E-state index in [-0.39, 0.29) is 36.0 Å². The van der Waals surface area contributed by atoms with Gasteiger partial charge >= 0.3 is 5.97 Å². The molecule has 9 nitrogen and oxygen atoms in total. The van der Waals surface area contributed by atoms with Gasteiger partial charge in [0.25, 0.3) is 5.69 Å². The van der Waals surface area contributed by atoms with Crippen molar-refractivity contribution in [2.75, 3.05) is 25.0 Å². The third-order valence-electron chi connectivity index (χ3n) is 4.30. The molecule has 0 saturated heterocycles. The molecule has 0 amide bonds. The molecule has 10 heteroatoms. The largest absolute Gasteiger partial charge is 0.466 e. The molecule has 0 unspecified atom stereocenters. The van der Waals surface area contributed by atoms with E-state index in [1.54, 1.807) is 34.6 Å². The van der Waals surface area contributed by atoms with Gasteiger partial charge in [-0.05, 0) is 32.9 Å². The van der Waals surface area contributed by atoms with Crippen molar-refractivity contribution in [2.24, 2.45) is 5.92 Å². The highest BCUT2D eigenvalue weighted by Crippen LogP contribution is 2.30. The van der Waals surface area contributed by atoms with Crippen LogP contribution in [0.25, 0.3) is 0 Å². The van der Waals surface area contributed by atoms with Crippen LogP contribution in [0, 0.1) is 16.0 Å². The second kappa shape index (κ2) is 9.65. The molecule has 0 fully saturated rings. The molecule has 0 radical (unpaired) electrons. The molecule has 2 atom stereocenters. The molecule has 0 aliphatic carbocycles. The van der Waals surface area contributed by atoms with E-state index in [4.69, 9.17) is 4.74 Å². The molecule has 0 aromatic heterocycles. The van der Waals surface area contributed by atoms with Crippen LogP contribution in [0.1, 0.15) is 34.6 Å². The van der Waals surface area contributed by atoms with Gasteiger partial charge in [0.15, 0.2) is 0 Å². The first-order chi connectivity index (χ1) is 12.6. The quantitative estimate of drug-likeness (QED) is 0.363. The monoisotopic (exact) mass is 401 g/mol. The van der Waals surface area contributed by atoms with Crippen molar-refractivity contribution in [3.63, 3.8) is 0 Å². The SMILES string of the molecule is CCOC(=O)[C@H](C)[C@@H](C)Nc1ccc(S(=O)(=O)N(CC)CC)cc1[N+](=O)[O-]. The van der Waals surface area contributed by atoms with Gasteiger partial charge in [-0.2, -0.15) is 4.31 Å². The van der Waals surface area contributed by atoms with Gasteiger partial charge in [0, 0.05) is 25.2 Å². The number of hydrogen-bond donors (Lipinski definition) is 1. The molecule has 0 aliphatic heterocycles. The molecular weight excluding hydrogens is 374 g/mol. The number of nitrogens with zero attached hydrogens (tertiary/aromatic N) is 2. The Bertz CT molecular complexity index is 777. The van der Waals surface area contributed by atoms with Crippen molar-refractivity contribution in [3.8, 4) is 0 Å². The third-order valence-corrected chi connectivity index (χ3v) is 6.35. The Labute approximate surface area is 159 Å². The van der Waals surface area contributed by atoms with Crippen LogP contribution in [0.5, 0.6) is 0 Å². The number of sulfonamides is 1. The Morgan fingerprint density at radius 3 is 2.33 bits per heavy atom. The molecular formula is C17H27N3O6S. The van der Waals surface area contributed by atoms with E-state index in [0.29, 0.717) is 0 Å². The molecule has 1 aromatic rings. The van der Waals surface area contributed by atoms with E-state index in [9.17, 15) is 23.3 Å². The number of nitrogens with one attached hydrogen (secondary N) is 1. The topological polar surface area (TPSA) is 119 Å². The van der Waals surface area contributed by atoms with Gasteiger partial charge in [0.1, 0.15) is 5.69 Å². The van der Waals surface area contributed by atoms with Gasteiger partial charge < -0.3 is 10.1 Å². The van der Waals surface area contributed by atoms with Crippen LogP contribution in [0.15, 0.2) is 23.1 Å². The van der Waals surface area contributed by atoms with E-state index in [2.05, 4.69) is 5.32 Å². The Morgan fingerprint density at radius 2 is 1.85 bits per heavy atom. The number of nitro benzene ring substituents is 1. The van der Waals surface area contributed by atoms with E-state index in [1.807, 2.05) is 0 Å². The molecule has 1 N–H and O–H groups in total. The average molecular weight is 401 g/mol. The highest BCUT2D eigenvalue weighted by atomic mass is 32.2. The van der Waals surface area contributed by atoms with Crippen molar-refractivity contribution in [3.05, 3.63) is 28.3 Å². The smallest absolute Gasteiger partial charge is 0.310 e. The Balaban J connectivity index is 3.21. The zero-order valence-corrected chi connectivity index (χ0v) is 17.1. The van der Waals surface area contributed by atoms with Gasteiger partial charge in [0.05, 0.1) is 22.3 Å². The lowest BCUT2D eigenvalue weighted by atomic mass is 10.0. The minimum Gasteiger partial charge on any atom is -0.466 e. The molecule has 27 heavy (non-hydrogen) atoms. The summed E-state index contributed by atoms with van der Waals surface area (Å²) in [4.78, 5) is 22.5. The number of esters is 1. The lowest BCUT2D eigenvalue weighted by Crippen LogP contribution is -2.32. The van der Waals surface area contributed by atoms with E-state index >= 15 is 0 Å². The summed E-state index contributed by atoms with van der Waals surface area (Å²) in [6, 6.07) is 3.26. The van der Waals surface area contributed by atoms with E-state index in [1.165, 1.54) is 16.4 Å². The van der Waals surface area contributed by atoms with Crippen molar-refractivity contribution in [1.82, 2.24) is 4.31 Å². The highest BCUT2D eigenvalue weighted by Gasteiger charge is 2.28. The number of rotatable bonds is 10. The summed E-state index contributed by atoms with van der Waals surface area (Å²) < 4.78 is 31.4. The molecule has 0 bridgehead atoms. The number of ether oxygens (including phenoxy) is 1. The van der Waals surface area contributed by atoms with Crippen molar-refractivity contribution < 1.29 is 22.9 Å². The Kier molecular flexibility index (Phi) is 8.17. The second-order valence-corrected chi connectivity index (χ2v) is 7.94. The maximum Gasteiger partial charge on any atom is 0.310 e. The van der Waals surface area contributed by atoms with Crippen LogP contribution in [0.4, 0.5) is 11.4 Å². The zero-order chi connectivity index (χ0) is 20.8. The first-order valence-electron chi connectivity index (χ1n) is 8.81. The number of anilines is 1. The van der Waals surface area contributed by atoms with Crippen LogP contribution in [0.2, 0.25) is 0 Å². The third kappa shape index (κ3) is 5.39. The molecule has 0 spiro atoms. The standard InChI is InChI=1S/C17H27N3O6S/c1-6-19(7-2)27(24,25)14-9-10-15(16(11-14)20(22)23)18-13(5)12(4)17(21)26-8-3/h9-13,18H,6-8H2,1-5H3/t12-,13-/m1/s1. The molecule has 0 heterocycles. The number of carbonyl (C=O) groups is 1. The van der Waals surface area contributed by atoms with Crippen molar-refractivity contribution in [1.29, 1.82) is 0 Å². The molecule has 1 rings (SSSR count). The van der Waals surface area contributed by atoms with Crippen LogP contribution >= 0.6 is 0 Å². The molecule has 0 saturated carbocycles. The van der Waals surface area contributed by atoms with Gasteiger partial charge in [0.2, 0.25) is 10.0 Å². The predicted molar refractivity (Wildman–Crippen MR) is 102 cm³/mol. The van der Waals surface area contributed by atoms with Gasteiger partial charge in [-0.15, -0.1) is 0 Å². The number of hydrogen-bond acceptors (Lipinski definition) is 7. The summed E-state index contributed by atoms with van der Waals surface area (Å²) in [5, 5.41) is 14.4. The van der Waals surface area contributed by atoms with Gasteiger partial charge in [-0.3, -0.25) is 14.9 Å². The summed E-state index contributed by atoms with van der Waals surface area (Å²) in [6.45, 7) is 9.22. The number of benzene rings is 1. The van der Waals surface area contributed by atoms with Crippen molar-refractivity contribution >= 4 is 27.4 Å². The summed E-state index contributed by atoms with van der Waals surface area (Å²) in [5.74, 6) is -0.954. The average Bonchev–Trinajstić information content (AvgIpc) is 2.61. The fourth-order valence-corrected chi connectivity index (χ4v) is 3.98. The highest BCUT2D eigenvalue weighted by molar-refractivity contribution is 7.89. The Hall–Kier alpha value is -2.20. The summed E-state index contributed by atoms with van der Waals surface area (Å²) in [5.41, 5.74) is -0.228. The lowest BCUT2D eigenvalue weighted by molar-refractivity contribution is -0.384. The summed E-state index contributed by atoms with van der Waals surface area (Å²) in [6.07, 6.45) is 0. The minimum atomic E-state index is -3.81. The minimum absolute atomic E-state index is 0.141. The fourth-order valence-electron chi connectivity index (χ4n) is 2.51. The summed E-state index contributed by atoms with van der Waals surface area (Å²) in [7, 11) is -3.81. The van der Waals surface area contributed by atoms with Crippen LogP contribution < -0.4 is 5.32 Å². The zero-order valence-electron chi connectivity index (χ0n) is 16.3. The molecule has 152 valence electrons. The lowest BCUT2D eigenvalue weighted by Gasteiger charge is -2.22. The fraction of sp³-hybridized carbons (Fsp3) is 0.588. The van der Waals surface area contributed by atoms with E-state index in [0.717, 1.165) is 6.07 Å².